The smallest absolute Gasteiger partial charge is 0.255 e. The molecule has 1 heterocycles. The quantitative estimate of drug-likeness (QED) is 0.807. The van der Waals surface area contributed by atoms with E-state index in [0.717, 1.165) is 25.7 Å². The van der Waals surface area contributed by atoms with Gasteiger partial charge in [0.25, 0.3) is 5.91 Å². The van der Waals surface area contributed by atoms with Gasteiger partial charge in [0.05, 0.1) is 16.7 Å². The Bertz CT molecular complexity index is 568. The van der Waals surface area contributed by atoms with Crippen LogP contribution in [0.3, 0.4) is 0 Å². The molecule has 21 heavy (non-hydrogen) atoms. The third kappa shape index (κ3) is 3.81. The van der Waals surface area contributed by atoms with Crippen molar-refractivity contribution in [3.05, 3.63) is 29.6 Å². The van der Waals surface area contributed by atoms with Crippen molar-refractivity contribution < 1.29 is 15.0 Å². The summed E-state index contributed by atoms with van der Waals surface area (Å²) in [4.78, 5) is 18.0. The Morgan fingerprint density at radius 1 is 1.48 bits per heavy atom. The van der Waals surface area contributed by atoms with E-state index in [1.807, 2.05) is 0 Å². The normalized spacial score (nSPS) is 16.1. The summed E-state index contributed by atoms with van der Waals surface area (Å²) < 4.78 is 0. The van der Waals surface area contributed by atoms with Crippen LogP contribution in [-0.2, 0) is 0 Å². The Hall–Kier alpha value is -1.90. The number of carbonyl (C=O) groups is 1. The maximum absolute atomic E-state index is 12.5. The SMILES string of the molecule is CN(CC1(O)CCCC1)C(=O)c1ccncc1C#CCO. The standard InChI is InChI=1S/C16H20N2O3/c1-18(12-16(21)7-2-3-8-16)15(20)14-6-9-17-11-13(14)5-4-10-19/h6,9,11,19,21H,2-3,7-8,10,12H2,1H3. The van der Waals surface area contributed by atoms with Gasteiger partial charge in [0.2, 0.25) is 0 Å². The van der Waals surface area contributed by atoms with Gasteiger partial charge in [0, 0.05) is 26.0 Å². The minimum absolute atomic E-state index is 0.194. The van der Waals surface area contributed by atoms with E-state index in [9.17, 15) is 9.90 Å². The second kappa shape index (κ2) is 6.70. The van der Waals surface area contributed by atoms with Crippen LogP contribution in [0, 0.1) is 11.8 Å². The first-order valence-corrected chi connectivity index (χ1v) is 7.07. The molecule has 5 heteroatoms. The molecule has 2 rings (SSSR count). The fraction of sp³-hybridized carbons (Fsp3) is 0.500. The monoisotopic (exact) mass is 288 g/mol. The Balaban J connectivity index is 2.15. The van der Waals surface area contributed by atoms with Gasteiger partial charge >= 0.3 is 0 Å². The van der Waals surface area contributed by atoms with Crippen LogP contribution in [0.15, 0.2) is 18.5 Å². The van der Waals surface area contributed by atoms with Crippen LogP contribution in [-0.4, -0.2) is 51.8 Å². The van der Waals surface area contributed by atoms with Crippen LogP contribution in [0.25, 0.3) is 0 Å². The minimum atomic E-state index is -0.769. The lowest BCUT2D eigenvalue weighted by Crippen LogP contribution is -2.42. The molecule has 0 unspecified atom stereocenters. The molecule has 0 saturated heterocycles. The molecule has 5 nitrogen and oxygen atoms in total. The van der Waals surface area contributed by atoms with Crippen LogP contribution in [0.2, 0.25) is 0 Å². The van der Waals surface area contributed by atoms with Crippen molar-refractivity contribution in [1.29, 1.82) is 0 Å². The molecule has 0 atom stereocenters. The number of aromatic nitrogens is 1. The molecule has 1 fully saturated rings. The minimum Gasteiger partial charge on any atom is -0.388 e. The first kappa shape index (κ1) is 15.5. The second-order valence-corrected chi connectivity index (χ2v) is 5.47. The molecule has 0 aliphatic heterocycles. The maximum Gasteiger partial charge on any atom is 0.255 e. The van der Waals surface area contributed by atoms with Gasteiger partial charge in [-0.1, -0.05) is 24.7 Å². The molecule has 1 aromatic rings. The first-order chi connectivity index (χ1) is 10.1. The Labute approximate surface area is 124 Å². The van der Waals surface area contributed by atoms with E-state index < -0.39 is 5.60 Å². The molecule has 1 aliphatic rings. The summed E-state index contributed by atoms with van der Waals surface area (Å²) in [6.45, 7) is 0.0547. The summed E-state index contributed by atoms with van der Waals surface area (Å²) in [5.74, 6) is 5.06. The zero-order valence-corrected chi connectivity index (χ0v) is 12.2. The van der Waals surface area contributed by atoms with E-state index >= 15 is 0 Å². The molecular weight excluding hydrogens is 268 g/mol. The van der Waals surface area contributed by atoms with Crippen molar-refractivity contribution >= 4 is 5.91 Å². The Morgan fingerprint density at radius 3 is 2.86 bits per heavy atom. The molecule has 1 saturated carbocycles. The van der Waals surface area contributed by atoms with Crippen molar-refractivity contribution in [2.24, 2.45) is 0 Å². The number of amides is 1. The predicted octanol–water partition coefficient (Wildman–Crippen LogP) is 0.802. The molecule has 1 amide bonds. The molecule has 2 N–H and O–H groups in total. The molecule has 0 spiro atoms. The van der Waals surface area contributed by atoms with Gasteiger partial charge in [-0.05, 0) is 18.9 Å². The summed E-state index contributed by atoms with van der Waals surface area (Å²) in [5, 5.41) is 19.2. The number of likely N-dealkylation sites (N-methyl/N-ethyl adjacent to an activating group) is 1. The summed E-state index contributed by atoms with van der Waals surface area (Å²) >= 11 is 0. The van der Waals surface area contributed by atoms with Crippen molar-refractivity contribution in [2.45, 2.75) is 31.3 Å². The summed E-state index contributed by atoms with van der Waals surface area (Å²) in [7, 11) is 1.68. The molecule has 0 bridgehead atoms. The van der Waals surface area contributed by atoms with E-state index in [2.05, 4.69) is 16.8 Å². The summed E-state index contributed by atoms with van der Waals surface area (Å²) in [6, 6.07) is 1.61. The van der Waals surface area contributed by atoms with Gasteiger partial charge in [-0.3, -0.25) is 9.78 Å². The zero-order chi connectivity index (χ0) is 15.3. The topological polar surface area (TPSA) is 73.7 Å². The van der Waals surface area contributed by atoms with Crippen LogP contribution in [0.5, 0.6) is 0 Å². The number of rotatable bonds is 3. The third-order valence-electron chi connectivity index (χ3n) is 3.77. The average molecular weight is 288 g/mol. The van der Waals surface area contributed by atoms with Crippen LogP contribution in [0.4, 0.5) is 0 Å². The number of hydrogen-bond donors (Lipinski definition) is 2. The highest BCUT2D eigenvalue weighted by Gasteiger charge is 2.33. The van der Waals surface area contributed by atoms with Gasteiger partial charge in [-0.2, -0.15) is 0 Å². The van der Waals surface area contributed by atoms with Gasteiger partial charge in [0.1, 0.15) is 6.61 Å². The largest absolute Gasteiger partial charge is 0.388 e. The molecule has 1 aromatic heterocycles. The highest BCUT2D eigenvalue weighted by molar-refractivity contribution is 5.96. The van der Waals surface area contributed by atoms with Crippen molar-refractivity contribution in [3.8, 4) is 11.8 Å². The zero-order valence-electron chi connectivity index (χ0n) is 12.2. The van der Waals surface area contributed by atoms with Crippen LogP contribution < -0.4 is 0 Å². The van der Waals surface area contributed by atoms with Gasteiger partial charge in [0.15, 0.2) is 0 Å². The lowest BCUT2D eigenvalue weighted by molar-refractivity contribution is 0.0156. The van der Waals surface area contributed by atoms with Crippen LogP contribution in [0.1, 0.15) is 41.6 Å². The first-order valence-electron chi connectivity index (χ1n) is 7.07. The molecular formula is C16H20N2O3. The number of aliphatic hydroxyl groups excluding tert-OH is 1. The average Bonchev–Trinajstić information content (AvgIpc) is 2.91. The number of hydrogen-bond acceptors (Lipinski definition) is 4. The van der Waals surface area contributed by atoms with Crippen molar-refractivity contribution in [2.75, 3.05) is 20.2 Å². The molecule has 0 aromatic carbocycles. The fourth-order valence-corrected chi connectivity index (χ4v) is 2.73. The van der Waals surface area contributed by atoms with Crippen molar-refractivity contribution in [3.63, 3.8) is 0 Å². The molecule has 1 aliphatic carbocycles. The van der Waals surface area contributed by atoms with E-state index in [0.29, 0.717) is 17.7 Å². The van der Waals surface area contributed by atoms with E-state index in [1.54, 1.807) is 13.1 Å². The van der Waals surface area contributed by atoms with Crippen molar-refractivity contribution in [1.82, 2.24) is 9.88 Å². The van der Waals surface area contributed by atoms with Crippen LogP contribution >= 0.6 is 0 Å². The van der Waals surface area contributed by atoms with Gasteiger partial charge < -0.3 is 15.1 Å². The Kier molecular flexibility index (Phi) is 4.94. The lowest BCUT2D eigenvalue weighted by Gasteiger charge is -2.28. The van der Waals surface area contributed by atoms with E-state index in [-0.39, 0.29) is 12.5 Å². The summed E-state index contributed by atoms with van der Waals surface area (Å²) in [5.41, 5.74) is 0.158. The number of nitrogens with zero attached hydrogens (tertiary/aromatic N) is 2. The highest BCUT2D eigenvalue weighted by Crippen LogP contribution is 2.30. The maximum atomic E-state index is 12.5. The van der Waals surface area contributed by atoms with Gasteiger partial charge in [-0.25, -0.2) is 0 Å². The fourth-order valence-electron chi connectivity index (χ4n) is 2.73. The second-order valence-electron chi connectivity index (χ2n) is 5.47. The van der Waals surface area contributed by atoms with E-state index in [1.165, 1.54) is 17.3 Å². The number of pyridine rings is 1. The highest BCUT2D eigenvalue weighted by atomic mass is 16.3. The number of aliphatic hydroxyl groups is 2. The number of carbonyl (C=O) groups excluding carboxylic acids is 1. The Morgan fingerprint density at radius 2 is 2.19 bits per heavy atom. The third-order valence-corrected chi connectivity index (χ3v) is 3.77. The molecule has 0 radical (unpaired) electrons. The van der Waals surface area contributed by atoms with E-state index in [4.69, 9.17) is 5.11 Å². The summed E-state index contributed by atoms with van der Waals surface area (Å²) in [6.07, 6.45) is 6.52. The predicted molar refractivity (Wildman–Crippen MR) is 78.6 cm³/mol. The van der Waals surface area contributed by atoms with Gasteiger partial charge in [-0.15, -0.1) is 0 Å². The lowest BCUT2D eigenvalue weighted by atomic mass is 10.0. The molecule has 112 valence electrons.